The zero-order chi connectivity index (χ0) is 24.6. The lowest BCUT2D eigenvalue weighted by atomic mass is 10.1. The van der Waals surface area contributed by atoms with E-state index < -0.39 is 0 Å². The number of rotatable bonds is 10. The van der Waals surface area contributed by atoms with Gasteiger partial charge in [0.1, 0.15) is 5.82 Å². The highest BCUT2D eigenvalue weighted by molar-refractivity contribution is 5.97. The molecule has 0 aliphatic heterocycles. The maximum absolute atomic E-state index is 12.8. The summed E-state index contributed by atoms with van der Waals surface area (Å²) in [6.45, 7) is 3.87. The molecular formula is C29H32N4O2. The lowest BCUT2D eigenvalue weighted by Gasteiger charge is -2.14. The lowest BCUT2D eigenvalue weighted by molar-refractivity contribution is -0.115. The van der Waals surface area contributed by atoms with Crippen molar-refractivity contribution in [3.05, 3.63) is 95.3 Å². The predicted octanol–water partition coefficient (Wildman–Crippen LogP) is 5.45. The van der Waals surface area contributed by atoms with Crippen LogP contribution < -0.4 is 10.6 Å². The van der Waals surface area contributed by atoms with Gasteiger partial charge in [-0.2, -0.15) is 0 Å². The lowest BCUT2D eigenvalue weighted by Crippen LogP contribution is -2.32. The summed E-state index contributed by atoms with van der Waals surface area (Å²) in [5, 5.41) is 5.97. The van der Waals surface area contributed by atoms with Crippen molar-refractivity contribution in [2.24, 2.45) is 0 Å². The SMILES string of the molecule is CCC(=O)Nc1ccc(CCc2nc3ccc(C(=O)N[C@H](C)CCc4ccccc4)cc3[nH]2)cc1. The molecule has 4 rings (SSSR count). The van der Waals surface area contributed by atoms with Crippen molar-refractivity contribution in [3.63, 3.8) is 0 Å². The van der Waals surface area contributed by atoms with E-state index in [-0.39, 0.29) is 17.9 Å². The van der Waals surface area contributed by atoms with Crippen molar-refractivity contribution in [1.29, 1.82) is 0 Å². The number of H-pyrrole nitrogens is 1. The quantitative estimate of drug-likeness (QED) is 0.289. The van der Waals surface area contributed by atoms with Gasteiger partial charge in [-0.3, -0.25) is 9.59 Å². The third kappa shape index (κ3) is 6.79. The normalized spacial score (nSPS) is 11.8. The fraction of sp³-hybridized carbons (Fsp3) is 0.276. The number of imidazole rings is 1. The van der Waals surface area contributed by atoms with Gasteiger partial charge in [0.05, 0.1) is 11.0 Å². The Morgan fingerprint density at radius 1 is 0.914 bits per heavy atom. The van der Waals surface area contributed by atoms with Crippen molar-refractivity contribution in [2.45, 2.75) is 52.0 Å². The first-order chi connectivity index (χ1) is 17.0. The fourth-order valence-electron chi connectivity index (χ4n) is 4.00. The Bertz CT molecular complexity index is 1280. The third-order valence-corrected chi connectivity index (χ3v) is 6.09. The Hall–Kier alpha value is -3.93. The minimum Gasteiger partial charge on any atom is -0.350 e. The van der Waals surface area contributed by atoms with Gasteiger partial charge >= 0.3 is 0 Å². The molecule has 1 atom stereocenters. The number of aromatic amines is 1. The monoisotopic (exact) mass is 468 g/mol. The average molecular weight is 469 g/mol. The summed E-state index contributed by atoms with van der Waals surface area (Å²) in [6.07, 6.45) is 3.87. The molecule has 1 heterocycles. The van der Waals surface area contributed by atoms with Gasteiger partial charge in [0.2, 0.25) is 5.91 Å². The van der Waals surface area contributed by atoms with Crippen molar-refractivity contribution in [3.8, 4) is 0 Å². The molecule has 0 saturated carbocycles. The Labute approximate surface area is 206 Å². The summed E-state index contributed by atoms with van der Waals surface area (Å²) in [5.41, 5.74) is 5.60. The molecule has 4 aromatic rings. The van der Waals surface area contributed by atoms with Gasteiger partial charge in [-0.15, -0.1) is 0 Å². The van der Waals surface area contributed by atoms with Gasteiger partial charge < -0.3 is 15.6 Å². The summed E-state index contributed by atoms with van der Waals surface area (Å²) < 4.78 is 0. The second kappa shape index (κ2) is 11.5. The second-order valence-corrected chi connectivity index (χ2v) is 8.91. The maximum atomic E-state index is 12.8. The van der Waals surface area contributed by atoms with E-state index in [1.54, 1.807) is 0 Å². The molecule has 3 N–H and O–H groups in total. The van der Waals surface area contributed by atoms with Crippen LogP contribution in [0.4, 0.5) is 5.69 Å². The van der Waals surface area contributed by atoms with Crippen molar-refractivity contribution in [2.75, 3.05) is 5.32 Å². The molecule has 0 fully saturated rings. The molecule has 35 heavy (non-hydrogen) atoms. The maximum Gasteiger partial charge on any atom is 0.251 e. The van der Waals surface area contributed by atoms with Gasteiger partial charge in [-0.05, 0) is 67.6 Å². The highest BCUT2D eigenvalue weighted by Gasteiger charge is 2.12. The molecule has 0 spiro atoms. The highest BCUT2D eigenvalue weighted by atomic mass is 16.2. The fourth-order valence-corrected chi connectivity index (χ4v) is 4.00. The molecule has 0 saturated heterocycles. The second-order valence-electron chi connectivity index (χ2n) is 8.91. The summed E-state index contributed by atoms with van der Waals surface area (Å²) in [5.74, 6) is 0.825. The Morgan fingerprint density at radius 2 is 1.66 bits per heavy atom. The van der Waals surface area contributed by atoms with Crippen LogP contribution >= 0.6 is 0 Å². The van der Waals surface area contributed by atoms with E-state index >= 15 is 0 Å². The van der Waals surface area contributed by atoms with Crippen LogP contribution in [0.25, 0.3) is 11.0 Å². The number of aromatic nitrogens is 2. The molecular weight excluding hydrogens is 436 g/mol. The molecule has 0 unspecified atom stereocenters. The number of carbonyl (C=O) groups excluding carboxylic acids is 2. The standard InChI is InChI=1S/C29H32N4O2/c1-3-28(34)31-24-15-11-22(12-16-24)13-18-27-32-25-17-14-23(19-26(25)33-27)29(35)30-20(2)9-10-21-7-5-4-6-8-21/h4-8,11-12,14-17,19-20H,3,9-10,13,18H2,1-2H3,(H,30,35)(H,31,34)(H,32,33)/t20-/m1/s1. The minimum atomic E-state index is -0.0705. The number of fused-ring (bicyclic) bond motifs is 1. The van der Waals surface area contributed by atoms with E-state index in [4.69, 9.17) is 0 Å². The van der Waals surface area contributed by atoms with Crippen LogP contribution in [0.1, 0.15) is 54.0 Å². The van der Waals surface area contributed by atoms with E-state index in [9.17, 15) is 9.59 Å². The molecule has 1 aromatic heterocycles. The Morgan fingerprint density at radius 3 is 2.40 bits per heavy atom. The summed E-state index contributed by atoms with van der Waals surface area (Å²) in [4.78, 5) is 32.3. The number of amides is 2. The smallest absolute Gasteiger partial charge is 0.251 e. The van der Waals surface area contributed by atoms with E-state index in [0.717, 1.165) is 48.2 Å². The van der Waals surface area contributed by atoms with E-state index in [1.807, 2.05) is 74.5 Å². The van der Waals surface area contributed by atoms with Crippen LogP contribution in [0.5, 0.6) is 0 Å². The van der Waals surface area contributed by atoms with Gasteiger partial charge in [0, 0.05) is 30.1 Å². The van der Waals surface area contributed by atoms with Crippen molar-refractivity contribution < 1.29 is 9.59 Å². The van der Waals surface area contributed by atoms with Gasteiger partial charge in [0.25, 0.3) is 5.91 Å². The molecule has 0 aliphatic rings. The first kappa shape index (κ1) is 24.2. The number of hydrogen-bond acceptors (Lipinski definition) is 3. The molecule has 6 nitrogen and oxygen atoms in total. The predicted molar refractivity (Wildman–Crippen MR) is 141 cm³/mol. The van der Waals surface area contributed by atoms with Gasteiger partial charge in [-0.25, -0.2) is 4.98 Å². The number of hydrogen-bond donors (Lipinski definition) is 3. The third-order valence-electron chi connectivity index (χ3n) is 6.09. The van der Waals surface area contributed by atoms with E-state index in [0.29, 0.717) is 12.0 Å². The number of nitrogens with zero attached hydrogens (tertiary/aromatic N) is 1. The number of carbonyl (C=O) groups is 2. The van der Waals surface area contributed by atoms with Crippen LogP contribution in [0.3, 0.4) is 0 Å². The topological polar surface area (TPSA) is 86.9 Å². The molecule has 180 valence electrons. The number of anilines is 1. The summed E-state index contributed by atoms with van der Waals surface area (Å²) in [6, 6.07) is 23.9. The largest absolute Gasteiger partial charge is 0.350 e. The Balaban J connectivity index is 1.32. The van der Waals surface area contributed by atoms with Gasteiger partial charge in [0.15, 0.2) is 0 Å². The molecule has 0 bridgehead atoms. The van der Waals surface area contributed by atoms with E-state index in [1.165, 1.54) is 11.1 Å². The molecule has 0 aliphatic carbocycles. The molecule has 3 aromatic carbocycles. The Kier molecular flexibility index (Phi) is 7.93. The molecule has 0 radical (unpaired) electrons. The van der Waals surface area contributed by atoms with Crippen LogP contribution in [0, 0.1) is 0 Å². The summed E-state index contributed by atoms with van der Waals surface area (Å²) in [7, 11) is 0. The number of aryl methyl sites for hydroxylation is 3. The minimum absolute atomic E-state index is 0.00900. The zero-order valence-electron chi connectivity index (χ0n) is 20.3. The van der Waals surface area contributed by atoms with Crippen LogP contribution in [-0.2, 0) is 24.1 Å². The van der Waals surface area contributed by atoms with Crippen LogP contribution in [0.15, 0.2) is 72.8 Å². The van der Waals surface area contributed by atoms with Crippen LogP contribution in [0.2, 0.25) is 0 Å². The highest BCUT2D eigenvalue weighted by Crippen LogP contribution is 2.17. The average Bonchev–Trinajstić information content (AvgIpc) is 3.30. The van der Waals surface area contributed by atoms with Crippen molar-refractivity contribution in [1.82, 2.24) is 15.3 Å². The zero-order valence-corrected chi connectivity index (χ0v) is 20.3. The van der Waals surface area contributed by atoms with Crippen molar-refractivity contribution >= 4 is 28.5 Å². The molecule has 6 heteroatoms. The number of nitrogens with one attached hydrogen (secondary N) is 3. The summed E-state index contributed by atoms with van der Waals surface area (Å²) >= 11 is 0. The van der Waals surface area contributed by atoms with Gasteiger partial charge in [-0.1, -0.05) is 49.4 Å². The number of benzene rings is 3. The first-order valence-electron chi connectivity index (χ1n) is 12.2. The van der Waals surface area contributed by atoms with Crippen LogP contribution in [-0.4, -0.2) is 27.8 Å². The molecule has 2 amide bonds. The first-order valence-corrected chi connectivity index (χ1v) is 12.2. The van der Waals surface area contributed by atoms with E-state index in [2.05, 4.69) is 32.7 Å².